The monoisotopic (exact) mass is 240 g/mol. The van der Waals surface area contributed by atoms with Crippen LogP contribution < -0.4 is 0 Å². The highest BCUT2D eigenvalue weighted by Gasteiger charge is 2.57. The van der Waals surface area contributed by atoms with Crippen LogP contribution >= 0.6 is 0 Å². The van der Waals surface area contributed by atoms with Crippen LogP contribution in [-0.4, -0.2) is 6.29 Å². The van der Waals surface area contributed by atoms with Gasteiger partial charge >= 0.3 is 0 Å². The Kier molecular flexibility index (Phi) is 2.21. The van der Waals surface area contributed by atoms with Gasteiger partial charge in [-0.2, -0.15) is 0 Å². The number of hydrogen-bond acceptors (Lipinski definition) is 1. The summed E-state index contributed by atoms with van der Waals surface area (Å²) in [5, 5.41) is 0. The Hall–Kier alpha value is -1.11. The van der Waals surface area contributed by atoms with E-state index in [4.69, 9.17) is 0 Å². The first-order valence-corrected chi connectivity index (χ1v) is 7.32. The van der Waals surface area contributed by atoms with Crippen LogP contribution in [0.15, 0.2) is 30.3 Å². The molecule has 4 aliphatic rings. The predicted octanol–water partition coefficient (Wildman–Crippen LogP) is 3.58. The summed E-state index contributed by atoms with van der Waals surface area (Å²) in [6.45, 7) is 0. The first-order chi connectivity index (χ1) is 8.82. The van der Waals surface area contributed by atoms with E-state index in [0.29, 0.717) is 5.92 Å². The minimum atomic E-state index is 0.192. The quantitative estimate of drug-likeness (QED) is 0.722. The van der Waals surface area contributed by atoms with Gasteiger partial charge in [0, 0.05) is 11.3 Å². The van der Waals surface area contributed by atoms with Crippen molar-refractivity contribution in [3.05, 3.63) is 35.9 Å². The molecule has 1 aromatic rings. The smallest absolute Gasteiger partial charge is 0.124 e. The summed E-state index contributed by atoms with van der Waals surface area (Å²) < 4.78 is 0. The van der Waals surface area contributed by atoms with Crippen LogP contribution in [0.1, 0.15) is 37.7 Å². The molecule has 3 atom stereocenters. The normalized spacial score (nSPS) is 45.1. The number of carbonyl (C=O) groups excluding carboxylic acids is 1. The topological polar surface area (TPSA) is 17.1 Å². The van der Waals surface area contributed by atoms with Crippen molar-refractivity contribution in [2.75, 3.05) is 0 Å². The molecular formula is C17H20O. The van der Waals surface area contributed by atoms with Crippen LogP contribution in [-0.2, 0) is 10.2 Å². The van der Waals surface area contributed by atoms with Gasteiger partial charge in [0.25, 0.3) is 0 Å². The molecule has 0 aromatic heterocycles. The second-order valence-corrected chi connectivity index (χ2v) is 6.79. The van der Waals surface area contributed by atoms with E-state index in [9.17, 15) is 4.79 Å². The molecule has 94 valence electrons. The second kappa shape index (κ2) is 3.69. The molecule has 0 aliphatic heterocycles. The summed E-state index contributed by atoms with van der Waals surface area (Å²) in [5.41, 5.74) is 1.62. The van der Waals surface area contributed by atoms with Crippen molar-refractivity contribution in [3.8, 4) is 0 Å². The van der Waals surface area contributed by atoms with Crippen LogP contribution in [0.2, 0.25) is 0 Å². The molecule has 1 nitrogen and oxygen atoms in total. The zero-order chi connectivity index (χ0) is 12.2. The van der Waals surface area contributed by atoms with Gasteiger partial charge in [0.05, 0.1) is 0 Å². The van der Waals surface area contributed by atoms with Crippen molar-refractivity contribution in [2.45, 2.75) is 37.5 Å². The van der Waals surface area contributed by atoms with Crippen molar-refractivity contribution < 1.29 is 4.79 Å². The van der Waals surface area contributed by atoms with E-state index < -0.39 is 0 Å². The molecule has 18 heavy (non-hydrogen) atoms. The zero-order valence-electron chi connectivity index (χ0n) is 10.7. The summed E-state index contributed by atoms with van der Waals surface area (Å²) in [4.78, 5) is 11.7. The van der Waals surface area contributed by atoms with Crippen molar-refractivity contribution in [1.29, 1.82) is 0 Å². The maximum Gasteiger partial charge on any atom is 0.124 e. The summed E-state index contributed by atoms with van der Waals surface area (Å²) in [5.74, 6) is 2.74. The lowest BCUT2D eigenvalue weighted by molar-refractivity contribution is -0.127. The lowest BCUT2D eigenvalue weighted by Gasteiger charge is -2.60. The van der Waals surface area contributed by atoms with Crippen molar-refractivity contribution >= 4 is 6.29 Å². The van der Waals surface area contributed by atoms with E-state index in [1.807, 2.05) is 0 Å². The van der Waals surface area contributed by atoms with Gasteiger partial charge in [-0.05, 0) is 55.4 Å². The first-order valence-electron chi connectivity index (χ1n) is 7.32. The molecule has 0 spiro atoms. The summed E-state index contributed by atoms with van der Waals surface area (Å²) >= 11 is 0. The third-order valence-corrected chi connectivity index (χ3v) is 5.89. The maximum absolute atomic E-state index is 11.7. The van der Waals surface area contributed by atoms with Crippen molar-refractivity contribution in [2.24, 2.45) is 23.7 Å². The van der Waals surface area contributed by atoms with E-state index in [2.05, 4.69) is 30.3 Å². The molecule has 0 saturated heterocycles. The van der Waals surface area contributed by atoms with Crippen LogP contribution in [0.5, 0.6) is 0 Å². The van der Waals surface area contributed by atoms with E-state index in [1.165, 1.54) is 44.0 Å². The summed E-state index contributed by atoms with van der Waals surface area (Å²) in [6, 6.07) is 10.9. The van der Waals surface area contributed by atoms with E-state index in [0.717, 1.165) is 11.8 Å². The Labute approximate surface area is 109 Å². The first kappa shape index (κ1) is 10.8. The van der Waals surface area contributed by atoms with Crippen LogP contribution in [0.25, 0.3) is 0 Å². The molecule has 0 N–H and O–H groups in total. The van der Waals surface area contributed by atoms with Crippen molar-refractivity contribution in [1.82, 2.24) is 0 Å². The summed E-state index contributed by atoms with van der Waals surface area (Å²) in [6.07, 6.45) is 7.86. The molecule has 4 fully saturated rings. The van der Waals surface area contributed by atoms with Gasteiger partial charge in [0.15, 0.2) is 0 Å². The molecule has 0 radical (unpaired) electrons. The molecule has 3 unspecified atom stereocenters. The molecule has 1 heteroatoms. The molecular weight excluding hydrogens is 220 g/mol. The number of aldehydes is 1. The van der Waals surface area contributed by atoms with Gasteiger partial charge in [-0.1, -0.05) is 30.3 Å². The highest BCUT2D eigenvalue weighted by molar-refractivity contribution is 5.60. The van der Waals surface area contributed by atoms with Gasteiger partial charge in [-0.15, -0.1) is 0 Å². The van der Waals surface area contributed by atoms with Crippen LogP contribution in [0.4, 0.5) is 0 Å². The molecule has 4 saturated carbocycles. The van der Waals surface area contributed by atoms with Gasteiger partial charge in [-0.3, -0.25) is 0 Å². The predicted molar refractivity (Wildman–Crippen MR) is 71.2 cm³/mol. The molecule has 4 bridgehead atoms. The molecule has 4 aliphatic carbocycles. The van der Waals surface area contributed by atoms with Crippen LogP contribution in [0.3, 0.4) is 0 Å². The number of benzene rings is 1. The second-order valence-electron chi connectivity index (χ2n) is 6.79. The standard InChI is InChI=1S/C17H20O/c18-11-16-14-7-12-6-13(8-14)10-17(16,9-12)15-4-2-1-3-5-15/h1-5,11-14,16H,6-10H2. The third-order valence-electron chi connectivity index (χ3n) is 5.89. The SMILES string of the molecule is O=CC1C2CC3CC(C2)CC1(c1ccccc1)C3. The Morgan fingerprint density at radius 3 is 2.28 bits per heavy atom. The minimum absolute atomic E-state index is 0.192. The fourth-order valence-electron chi connectivity index (χ4n) is 5.52. The Bertz CT molecular complexity index is 450. The van der Waals surface area contributed by atoms with E-state index in [-0.39, 0.29) is 11.3 Å². The fourth-order valence-corrected chi connectivity index (χ4v) is 5.52. The Morgan fingerprint density at radius 2 is 1.67 bits per heavy atom. The van der Waals surface area contributed by atoms with E-state index >= 15 is 0 Å². The van der Waals surface area contributed by atoms with Crippen molar-refractivity contribution in [3.63, 3.8) is 0 Å². The molecule has 0 amide bonds. The fraction of sp³-hybridized carbons (Fsp3) is 0.588. The zero-order valence-corrected chi connectivity index (χ0v) is 10.7. The lowest BCUT2D eigenvalue weighted by atomic mass is 9.44. The minimum Gasteiger partial charge on any atom is -0.303 e. The average Bonchev–Trinajstić information content (AvgIpc) is 2.39. The number of rotatable bonds is 2. The largest absolute Gasteiger partial charge is 0.303 e. The Balaban J connectivity index is 1.84. The molecule has 1 aromatic carbocycles. The lowest BCUT2D eigenvalue weighted by Crippen LogP contribution is -2.55. The van der Waals surface area contributed by atoms with Gasteiger partial charge in [0.1, 0.15) is 6.29 Å². The van der Waals surface area contributed by atoms with Gasteiger partial charge < -0.3 is 4.79 Å². The average molecular weight is 240 g/mol. The summed E-state index contributed by atoms with van der Waals surface area (Å²) in [7, 11) is 0. The molecule has 5 rings (SSSR count). The number of carbonyl (C=O) groups is 1. The third kappa shape index (κ3) is 1.31. The highest BCUT2D eigenvalue weighted by atomic mass is 16.1. The maximum atomic E-state index is 11.7. The van der Waals surface area contributed by atoms with E-state index in [1.54, 1.807) is 0 Å². The number of hydrogen-bond donors (Lipinski definition) is 0. The van der Waals surface area contributed by atoms with Crippen LogP contribution in [0, 0.1) is 23.7 Å². The Morgan fingerprint density at radius 1 is 1.00 bits per heavy atom. The highest BCUT2D eigenvalue weighted by Crippen LogP contribution is 2.62. The molecule has 0 heterocycles. The van der Waals surface area contributed by atoms with Gasteiger partial charge in [0.2, 0.25) is 0 Å². The van der Waals surface area contributed by atoms with Gasteiger partial charge in [-0.25, -0.2) is 0 Å².